The van der Waals surface area contributed by atoms with Gasteiger partial charge in [0.2, 0.25) is 0 Å². The molecular weight excluding hydrogens is 302 g/mol. The van der Waals surface area contributed by atoms with Crippen molar-refractivity contribution in [3.63, 3.8) is 0 Å². The maximum atomic E-state index is 13.8. The molecule has 0 radical (unpaired) electrons. The van der Waals surface area contributed by atoms with E-state index >= 15 is 0 Å². The lowest BCUT2D eigenvalue weighted by Gasteiger charge is -2.32. The van der Waals surface area contributed by atoms with Gasteiger partial charge in [-0.25, -0.2) is 18.7 Å². The van der Waals surface area contributed by atoms with Crippen LogP contribution < -0.4 is 10.1 Å². The molecular formula is C16H14F2N4O. The van der Waals surface area contributed by atoms with Gasteiger partial charge in [0.1, 0.15) is 18.1 Å². The summed E-state index contributed by atoms with van der Waals surface area (Å²) < 4.78 is 33.1. The minimum absolute atomic E-state index is 0.164. The molecule has 2 heterocycles. The lowest BCUT2D eigenvalue weighted by molar-refractivity contribution is -0.109. The standard InChI is InChI=1S/C16H14F2N4O/c17-16(18)9-20-6-4-15(16)23-14-2-1-11(7-12(14)8-19)13-3-5-21-10-22-13/h1-3,5,7,10,15,20H,4,6,9H2. The SMILES string of the molecule is N#Cc1cc(-c2ccncn2)ccc1OC1CCNCC1(F)F. The molecule has 1 saturated heterocycles. The molecule has 1 aliphatic rings. The van der Waals surface area contributed by atoms with Gasteiger partial charge in [-0.3, -0.25) is 0 Å². The zero-order valence-corrected chi connectivity index (χ0v) is 12.2. The van der Waals surface area contributed by atoms with Gasteiger partial charge in [-0.15, -0.1) is 0 Å². The number of piperidine rings is 1. The van der Waals surface area contributed by atoms with Crippen LogP contribution in [-0.4, -0.2) is 35.1 Å². The molecule has 1 aromatic carbocycles. The molecule has 7 heteroatoms. The van der Waals surface area contributed by atoms with E-state index in [1.807, 2.05) is 6.07 Å². The van der Waals surface area contributed by atoms with Crippen LogP contribution in [0.25, 0.3) is 11.3 Å². The number of hydrogen-bond donors (Lipinski definition) is 1. The van der Waals surface area contributed by atoms with Gasteiger partial charge in [0.25, 0.3) is 5.92 Å². The summed E-state index contributed by atoms with van der Waals surface area (Å²) in [6.45, 7) is 0.0414. The Hall–Kier alpha value is -2.59. The van der Waals surface area contributed by atoms with Crippen molar-refractivity contribution >= 4 is 0 Å². The zero-order valence-electron chi connectivity index (χ0n) is 12.2. The second-order valence-corrected chi connectivity index (χ2v) is 5.25. The molecule has 0 bridgehead atoms. The smallest absolute Gasteiger partial charge is 0.296 e. The fourth-order valence-corrected chi connectivity index (χ4v) is 2.45. The average molecular weight is 316 g/mol. The number of hydrogen-bond acceptors (Lipinski definition) is 5. The third-order valence-electron chi connectivity index (χ3n) is 3.66. The van der Waals surface area contributed by atoms with Crippen LogP contribution in [0.4, 0.5) is 8.78 Å². The van der Waals surface area contributed by atoms with E-state index in [2.05, 4.69) is 15.3 Å². The highest BCUT2D eigenvalue weighted by Crippen LogP contribution is 2.31. The predicted molar refractivity (Wildman–Crippen MR) is 79.0 cm³/mol. The minimum Gasteiger partial charge on any atom is -0.483 e. The van der Waals surface area contributed by atoms with E-state index in [0.717, 1.165) is 0 Å². The number of alkyl halides is 2. The molecule has 0 saturated carbocycles. The number of ether oxygens (including phenoxy) is 1. The summed E-state index contributed by atoms with van der Waals surface area (Å²) in [4.78, 5) is 7.94. The Kier molecular flexibility index (Phi) is 4.17. The molecule has 1 N–H and O–H groups in total. The van der Waals surface area contributed by atoms with Crippen molar-refractivity contribution in [2.45, 2.75) is 18.4 Å². The van der Waals surface area contributed by atoms with Gasteiger partial charge in [-0.2, -0.15) is 5.26 Å². The number of benzene rings is 1. The summed E-state index contributed by atoms with van der Waals surface area (Å²) in [6, 6.07) is 8.51. The first-order chi connectivity index (χ1) is 11.1. The number of nitriles is 1. The first-order valence-electron chi connectivity index (χ1n) is 7.16. The molecule has 1 aliphatic heterocycles. The molecule has 0 aliphatic carbocycles. The van der Waals surface area contributed by atoms with Crippen LogP contribution in [0.1, 0.15) is 12.0 Å². The van der Waals surface area contributed by atoms with Crippen molar-refractivity contribution in [2.24, 2.45) is 0 Å². The van der Waals surface area contributed by atoms with Crippen molar-refractivity contribution in [1.82, 2.24) is 15.3 Å². The van der Waals surface area contributed by atoms with Crippen LogP contribution in [0, 0.1) is 11.3 Å². The Balaban J connectivity index is 1.87. The van der Waals surface area contributed by atoms with Crippen molar-refractivity contribution in [2.75, 3.05) is 13.1 Å². The molecule has 2 aromatic rings. The fourth-order valence-electron chi connectivity index (χ4n) is 2.45. The van der Waals surface area contributed by atoms with Crippen LogP contribution in [-0.2, 0) is 0 Å². The maximum absolute atomic E-state index is 13.8. The van der Waals surface area contributed by atoms with Crippen LogP contribution in [0.5, 0.6) is 5.75 Å². The number of halogens is 2. The number of aromatic nitrogens is 2. The topological polar surface area (TPSA) is 70.8 Å². The van der Waals surface area contributed by atoms with Crippen molar-refractivity contribution in [3.05, 3.63) is 42.4 Å². The van der Waals surface area contributed by atoms with Crippen LogP contribution in [0.2, 0.25) is 0 Å². The highest BCUT2D eigenvalue weighted by molar-refractivity contribution is 5.63. The summed E-state index contributed by atoms with van der Waals surface area (Å²) >= 11 is 0. The number of nitrogens with one attached hydrogen (secondary N) is 1. The molecule has 1 fully saturated rings. The number of nitrogens with zero attached hydrogens (tertiary/aromatic N) is 3. The molecule has 23 heavy (non-hydrogen) atoms. The summed E-state index contributed by atoms with van der Waals surface area (Å²) in [5.74, 6) is -2.80. The van der Waals surface area contributed by atoms with Gasteiger partial charge < -0.3 is 10.1 Å². The maximum Gasteiger partial charge on any atom is 0.296 e. The Morgan fingerprint density at radius 1 is 1.35 bits per heavy atom. The molecule has 5 nitrogen and oxygen atoms in total. The van der Waals surface area contributed by atoms with E-state index in [9.17, 15) is 14.0 Å². The van der Waals surface area contributed by atoms with Gasteiger partial charge >= 0.3 is 0 Å². The molecule has 3 rings (SSSR count). The van der Waals surface area contributed by atoms with E-state index < -0.39 is 18.6 Å². The predicted octanol–water partition coefficient (Wildman–Crippen LogP) is 2.39. The lowest BCUT2D eigenvalue weighted by atomic mass is 10.0. The zero-order chi connectivity index (χ0) is 16.3. The average Bonchev–Trinajstić information content (AvgIpc) is 2.57. The van der Waals surface area contributed by atoms with E-state index in [4.69, 9.17) is 4.74 Å². The molecule has 1 aromatic heterocycles. The third kappa shape index (κ3) is 3.27. The van der Waals surface area contributed by atoms with Crippen molar-refractivity contribution in [3.8, 4) is 23.1 Å². The first kappa shape index (κ1) is 15.3. The van der Waals surface area contributed by atoms with Crippen molar-refractivity contribution < 1.29 is 13.5 Å². The third-order valence-corrected chi connectivity index (χ3v) is 3.66. The quantitative estimate of drug-likeness (QED) is 0.941. The second-order valence-electron chi connectivity index (χ2n) is 5.25. The van der Waals surface area contributed by atoms with Gasteiger partial charge in [-0.05, 0) is 30.8 Å². The molecule has 0 spiro atoms. The van der Waals surface area contributed by atoms with Crippen molar-refractivity contribution in [1.29, 1.82) is 5.26 Å². The molecule has 0 amide bonds. The summed E-state index contributed by atoms with van der Waals surface area (Å²) in [6.07, 6.45) is 1.95. The second kappa shape index (κ2) is 6.26. The van der Waals surface area contributed by atoms with Crippen LogP contribution in [0.3, 0.4) is 0 Å². The summed E-state index contributed by atoms with van der Waals surface area (Å²) in [5, 5.41) is 11.9. The Morgan fingerprint density at radius 3 is 2.91 bits per heavy atom. The number of rotatable bonds is 3. The normalized spacial score (nSPS) is 19.8. The van der Waals surface area contributed by atoms with Crippen LogP contribution in [0.15, 0.2) is 36.8 Å². The monoisotopic (exact) mass is 316 g/mol. The van der Waals surface area contributed by atoms with Gasteiger partial charge in [0, 0.05) is 18.2 Å². The fraction of sp³-hybridized carbons (Fsp3) is 0.312. The molecule has 1 unspecified atom stereocenters. The lowest BCUT2D eigenvalue weighted by Crippen LogP contribution is -2.52. The van der Waals surface area contributed by atoms with Crippen LogP contribution >= 0.6 is 0 Å². The molecule has 1 atom stereocenters. The van der Waals surface area contributed by atoms with E-state index in [1.54, 1.807) is 24.4 Å². The van der Waals surface area contributed by atoms with E-state index in [1.165, 1.54) is 12.4 Å². The van der Waals surface area contributed by atoms with Gasteiger partial charge in [0.15, 0.2) is 6.10 Å². The molecule has 118 valence electrons. The summed E-state index contributed by atoms with van der Waals surface area (Å²) in [5.41, 5.74) is 1.55. The summed E-state index contributed by atoms with van der Waals surface area (Å²) in [7, 11) is 0. The van der Waals surface area contributed by atoms with Gasteiger partial charge in [-0.1, -0.05) is 0 Å². The van der Waals surface area contributed by atoms with E-state index in [0.29, 0.717) is 17.8 Å². The first-order valence-corrected chi connectivity index (χ1v) is 7.16. The Morgan fingerprint density at radius 2 is 2.22 bits per heavy atom. The van der Waals surface area contributed by atoms with E-state index in [-0.39, 0.29) is 17.7 Å². The minimum atomic E-state index is -2.96. The Labute approximate surface area is 131 Å². The largest absolute Gasteiger partial charge is 0.483 e. The highest BCUT2D eigenvalue weighted by atomic mass is 19.3. The Bertz CT molecular complexity index is 731. The van der Waals surface area contributed by atoms with Gasteiger partial charge in [0.05, 0.1) is 17.8 Å². The highest BCUT2D eigenvalue weighted by Gasteiger charge is 2.43.